The van der Waals surface area contributed by atoms with Crippen molar-refractivity contribution in [3.8, 4) is 5.75 Å². The highest BCUT2D eigenvalue weighted by Crippen LogP contribution is 2.18. The molecule has 2 atom stereocenters. The fourth-order valence-electron chi connectivity index (χ4n) is 2.85. The maximum absolute atomic E-state index is 12.6. The van der Waals surface area contributed by atoms with Crippen molar-refractivity contribution in [1.29, 1.82) is 0 Å². The van der Waals surface area contributed by atoms with Crippen molar-refractivity contribution in [2.24, 2.45) is 0 Å². The van der Waals surface area contributed by atoms with Gasteiger partial charge in [0, 0.05) is 17.8 Å². The average Bonchev–Trinajstić information content (AvgIpc) is 3.11. The van der Waals surface area contributed by atoms with E-state index in [2.05, 4.69) is 53.0 Å². The van der Waals surface area contributed by atoms with Crippen LogP contribution in [-0.2, 0) is 11.3 Å². The highest BCUT2D eigenvalue weighted by Gasteiger charge is 2.32. The van der Waals surface area contributed by atoms with E-state index >= 15 is 0 Å². The number of aryl methyl sites for hydroxylation is 2. The number of benzene rings is 2. The zero-order valence-corrected chi connectivity index (χ0v) is 15.2. The van der Waals surface area contributed by atoms with E-state index in [0.717, 1.165) is 17.0 Å². The highest BCUT2D eigenvalue weighted by molar-refractivity contribution is 5.83. The molecule has 0 saturated carbocycles. The largest absolute Gasteiger partial charge is 0.496 e. The topological polar surface area (TPSA) is 86.5 Å². The molecule has 7 heteroatoms. The van der Waals surface area contributed by atoms with Crippen LogP contribution in [0.3, 0.4) is 0 Å². The summed E-state index contributed by atoms with van der Waals surface area (Å²) in [6.07, 6.45) is -0.283. The van der Waals surface area contributed by atoms with Crippen LogP contribution >= 0.6 is 0 Å². The molecule has 3 rings (SSSR count). The summed E-state index contributed by atoms with van der Waals surface area (Å²) in [5.74, 6) is 0.642. The van der Waals surface area contributed by atoms with Gasteiger partial charge in [-0.2, -0.15) is 5.53 Å². The van der Waals surface area contributed by atoms with Crippen molar-refractivity contribution < 1.29 is 9.53 Å². The van der Waals surface area contributed by atoms with E-state index in [1.165, 1.54) is 11.1 Å². The van der Waals surface area contributed by atoms with E-state index in [0.29, 0.717) is 6.54 Å². The number of hydrazine groups is 2. The second-order valence-electron chi connectivity index (χ2n) is 6.34. The zero-order valence-electron chi connectivity index (χ0n) is 15.2. The van der Waals surface area contributed by atoms with Crippen LogP contribution in [0.1, 0.15) is 16.7 Å². The van der Waals surface area contributed by atoms with Gasteiger partial charge in [-0.15, -0.1) is 0 Å². The van der Waals surface area contributed by atoms with Crippen LogP contribution in [0, 0.1) is 13.8 Å². The van der Waals surface area contributed by atoms with Gasteiger partial charge in [0.2, 0.25) is 5.91 Å². The molecule has 7 nitrogen and oxygen atoms in total. The molecule has 2 aromatic carbocycles. The van der Waals surface area contributed by atoms with Gasteiger partial charge >= 0.3 is 0 Å². The maximum Gasteiger partial charge on any atom is 0.242 e. The highest BCUT2D eigenvalue weighted by atomic mass is 16.5. The molecule has 1 amide bonds. The van der Waals surface area contributed by atoms with Crippen molar-refractivity contribution in [2.75, 3.05) is 12.4 Å². The minimum absolute atomic E-state index is 0.116. The number of carbonyl (C=O) groups excluding carboxylic acids is 1. The van der Waals surface area contributed by atoms with Gasteiger partial charge in [-0.05, 0) is 43.2 Å². The van der Waals surface area contributed by atoms with Crippen molar-refractivity contribution >= 4 is 11.6 Å². The van der Waals surface area contributed by atoms with Gasteiger partial charge in [-0.1, -0.05) is 24.3 Å². The smallest absolute Gasteiger partial charge is 0.242 e. The Morgan fingerprint density at radius 1 is 1.12 bits per heavy atom. The molecular formula is C19H25N5O2. The third-order valence-corrected chi connectivity index (χ3v) is 4.55. The monoisotopic (exact) mass is 355 g/mol. The first-order valence-corrected chi connectivity index (χ1v) is 8.58. The van der Waals surface area contributed by atoms with E-state index in [-0.39, 0.29) is 12.1 Å². The molecule has 0 aromatic heterocycles. The lowest BCUT2D eigenvalue weighted by atomic mass is 10.1. The van der Waals surface area contributed by atoms with E-state index in [9.17, 15) is 4.79 Å². The molecular weight excluding hydrogens is 330 g/mol. The molecule has 0 spiro atoms. The third-order valence-electron chi connectivity index (χ3n) is 4.55. The fourth-order valence-corrected chi connectivity index (χ4v) is 2.85. The standard InChI is InChI=1S/C19H25N5O2/c1-12-8-9-15(10-13(12)2)21-18-17(22-24-23-18)19(25)20-11-14-6-4-5-7-16(14)26-3/h4-10,17-18,21-24H,11H2,1-3H3,(H,20,25). The first-order chi connectivity index (χ1) is 12.6. The van der Waals surface area contributed by atoms with Gasteiger partial charge in [-0.25, -0.2) is 10.9 Å². The van der Waals surface area contributed by atoms with E-state index in [1.54, 1.807) is 7.11 Å². The number of hydrogen-bond acceptors (Lipinski definition) is 6. The molecule has 1 aliphatic rings. The van der Waals surface area contributed by atoms with Gasteiger partial charge in [0.15, 0.2) is 0 Å². The predicted molar refractivity (Wildman–Crippen MR) is 101 cm³/mol. The van der Waals surface area contributed by atoms with Gasteiger partial charge in [-0.3, -0.25) is 4.79 Å². The molecule has 2 aromatic rings. The first-order valence-electron chi connectivity index (χ1n) is 8.58. The number of ether oxygens (including phenoxy) is 1. The Bertz CT molecular complexity index is 780. The normalized spacial score (nSPS) is 19.2. The lowest BCUT2D eigenvalue weighted by Gasteiger charge is -2.20. The van der Waals surface area contributed by atoms with Crippen molar-refractivity contribution in [3.05, 3.63) is 59.2 Å². The molecule has 0 aliphatic carbocycles. The Morgan fingerprint density at radius 2 is 1.92 bits per heavy atom. The zero-order chi connectivity index (χ0) is 18.5. The van der Waals surface area contributed by atoms with Crippen molar-refractivity contribution in [2.45, 2.75) is 32.6 Å². The minimum Gasteiger partial charge on any atom is -0.496 e. The van der Waals surface area contributed by atoms with Gasteiger partial charge in [0.25, 0.3) is 0 Å². The molecule has 2 unspecified atom stereocenters. The van der Waals surface area contributed by atoms with Gasteiger partial charge in [0.05, 0.1) is 7.11 Å². The Morgan fingerprint density at radius 3 is 2.69 bits per heavy atom. The first kappa shape index (κ1) is 18.2. The summed E-state index contributed by atoms with van der Waals surface area (Å²) in [4.78, 5) is 12.6. The SMILES string of the molecule is COc1ccccc1CNC(=O)C1NNNC1Nc1ccc(C)c(C)c1. The van der Waals surface area contributed by atoms with Crippen molar-refractivity contribution in [1.82, 2.24) is 21.7 Å². The molecule has 138 valence electrons. The Kier molecular flexibility index (Phi) is 5.72. The third kappa shape index (κ3) is 4.13. The summed E-state index contributed by atoms with van der Waals surface area (Å²) in [7, 11) is 1.62. The Hall–Kier alpha value is -2.61. The molecule has 1 saturated heterocycles. The lowest BCUT2D eigenvalue weighted by molar-refractivity contribution is -0.123. The number of hydrogen-bond donors (Lipinski definition) is 5. The molecule has 0 bridgehead atoms. The van der Waals surface area contributed by atoms with Gasteiger partial charge in [0.1, 0.15) is 18.0 Å². The summed E-state index contributed by atoms with van der Waals surface area (Å²) >= 11 is 0. The summed E-state index contributed by atoms with van der Waals surface area (Å²) in [5, 5.41) is 6.29. The van der Waals surface area contributed by atoms with Crippen LogP contribution in [0.25, 0.3) is 0 Å². The number of rotatable bonds is 6. The van der Waals surface area contributed by atoms with Crippen molar-refractivity contribution in [3.63, 3.8) is 0 Å². The fraction of sp³-hybridized carbons (Fsp3) is 0.316. The van der Waals surface area contributed by atoms with Crippen LogP contribution in [0.15, 0.2) is 42.5 Å². The van der Waals surface area contributed by atoms with Crippen LogP contribution < -0.4 is 31.8 Å². The molecule has 1 heterocycles. The summed E-state index contributed by atoms with van der Waals surface area (Å²) in [6, 6.07) is 13.3. The van der Waals surface area contributed by atoms with E-state index in [4.69, 9.17) is 4.74 Å². The molecule has 1 aliphatic heterocycles. The van der Waals surface area contributed by atoms with Gasteiger partial charge < -0.3 is 15.4 Å². The Balaban J connectivity index is 1.61. The number of para-hydroxylation sites is 1. The number of nitrogens with one attached hydrogen (secondary N) is 5. The van der Waals surface area contributed by atoms with Crippen LogP contribution in [-0.4, -0.2) is 25.2 Å². The molecule has 26 heavy (non-hydrogen) atoms. The maximum atomic E-state index is 12.6. The second-order valence-corrected chi connectivity index (χ2v) is 6.34. The molecule has 5 N–H and O–H groups in total. The predicted octanol–water partition coefficient (Wildman–Crippen LogP) is 1.35. The number of methoxy groups -OCH3 is 1. The quantitative estimate of drug-likeness (QED) is 0.538. The summed E-state index contributed by atoms with van der Waals surface area (Å²) in [5.41, 5.74) is 13.1. The van der Waals surface area contributed by atoms with Crippen LogP contribution in [0.2, 0.25) is 0 Å². The van der Waals surface area contributed by atoms with E-state index < -0.39 is 6.04 Å². The number of amides is 1. The van der Waals surface area contributed by atoms with Crippen LogP contribution in [0.5, 0.6) is 5.75 Å². The molecule has 1 fully saturated rings. The summed E-state index contributed by atoms with van der Waals surface area (Å²) in [6.45, 7) is 4.54. The number of anilines is 1. The van der Waals surface area contributed by atoms with Crippen LogP contribution in [0.4, 0.5) is 5.69 Å². The summed E-state index contributed by atoms with van der Waals surface area (Å²) < 4.78 is 5.32. The van der Waals surface area contributed by atoms with E-state index in [1.807, 2.05) is 30.3 Å². The minimum atomic E-state index is -0.466. The Labute approximate surface area is 153 Å². The molecule has 0 radical (unpaired) electrons. The lowest BCUT2D eigenvalue weighted by Crippen LogP contribution is -2.50. The number of carbonyl (C=O) groups is 1. The average molecular weight is 355 g/mol. The second kappa shape index (κ2) is 8.18.